The van der Waals surface area contributed by atoms with Crippen LogP contribution in [0.1, 0.15) is 28.8 Å². The lowest BCUT2D eigenvalue weighted by atomic mass is 9.96. The lowest BCUT2D eigenvalue weighted by Crippen LogP contribution is -2.40. The van der Waals surface area contributed by atoms with Crippen molar-refractivity contribution in [3.05, 3.63) is 64.4 Å². The van der Waals surface area contributed by atoms with Gasteiger partial charge >= 0.3 is 0 Å². The summed E-state index contributed by atoms with van der Waals surface area (Å²) in [4.78, 5) is 27.4. The Hall–Kier alpha value is -2.48. The third-order valence-corrected chi connectivity index (χ3v) is 5.70. The minimum Gasteiger partial charge on any atom is -0.383 e. The molecule has 166 valence electrons. The number of likely N-dealkylation sites (tertiary alicyclic amines) is 1. The third kappa shape index (κ3) is 6.26. The van der Waals surface area contributed by atoms with Crippen LogP contribution >= 0.6 is 11.6 Å². The number of nitrogens with zero attached hydrogens (tertiary/aromatic N) is 1. The lowest BCUT2D eigenvalue weighted by molar-refractivity contribution is -0.121. The zero-order valence-electron chi connectivity index (χ0n) is 17.5. The van der Waals surface area contributed by atoms with Gasteiger partial charge in [-0.2, -0.15) is 0 Å². The average molecular weight is 448 g/mol. The summed E-state index contributed by atoms with van der Waals surface area (Å²) in [7, 11) is 1.56. The van der Waals surface area contributed by atoms with Gasteiger partial charge in [0.05, 0.1) is 23.8 Å². The maximum Gasteiger partial charge on any atom is 0.253 e. The van der Waals surface area contributed by atoms with E-state index in [-0.39, 0.29) is 23.5 Å². The van der Waals surface area contributed by atoms with Crippen LogP contribution in [0.25, 0.3) is 0 Å². The summed E-state index contributed by atoms with van der Waals surface area (Å²) >= 11 is 6.16. The highest BCUT2D eigenvalue weighted by Crippen LogP contribution is 2.25. The number of hydrogen-bond acceptors (Lipinski definition) is 4. The van der Waals surface area contributed by atoms with Crippen molar-refractivity contribution in [1.82, 2.24) is 10.2 Å². The molecule has 2 aromatic carbocycles. The molecule has 3 rings (SSSR count). The second-order valence-electron chi connectivity index (χ2n) is 7.56. The first kappa shape index (κ1) is 23.2. The molecule has 0 saturated carbocycles. The SMILES string of the molecule is COCCNC(=O)c1ccccc1NC(=O)C1CCCN(Cc2c(F)cccc2Cl)C1. The standard InChI is InChI=1S/C23H27ClFN3O3/c1-31-13-11-26-23(30)17-7-2-3-10-21(17)27-22(29)16-6-5-12-28(14-16)15-18-19(24)8-4-9-20(18)25/h2-4,7-10,16H,5-6,11-15H2,1H3,(H,26,30)(H,27,29). The van der Waals surface area contributed by atoms with Crippen LogP contribution in [0.5, 0.6) is 0 Å². The number of hydrogen-bond donors (Lipinski definition) is 2. The van der Waals surface area contributed by atoms with Gasteiger partial charge in [0.15, 0.2) is 0 Å². The molecule has 0 aromatic heterocycles. The molecule has 0 aliphatic carbocycles. The molecule has 2 amide bonds. The molecule has 2 N–H and O–H groups in total. The summed E-state index contributed by atoms with van der Waals surface area (Å²) in [6, 6.07) is 11.5. The van der Waals surface area contributed by atoms with Crippen LogP contribution in [-0.4, -0.2) is 50.1 Å². The van der Waals surface area contributed by atoms with Crippen molar-refractivity contribution in [2.75, 3.05) is 38.7 Å². The minimum atomic E-state index is -0.340. The molecule has 0 radical (unpaired) electrons. The topological polar surface area (TPSA) is 70.7 Å². The Bertz CT molecular complexity index is 904. The average Bonchev–Trinajstić information content (AvgIpc) is 2.77. The van der Waals surface area contributed by atoms with Crippen molar-refractivity contribution < 1.29 is 18.7 Å². The zero-order chi connectivity index (χ0) is 22.2. The number of piperidine rings is 1. The summed E-state index contributed by atoms with van der Waals surface area (Å²) in [6.07, 6.45) is 1.55. The van der Waals surface area contributed by atoms with Crippen LogP contribution in [0.15, 0.2) is 42.5 Å². The van der Waals surface area contributed by atoms with Gasteiger partial charge in [-0.25, -0.2) is 4.39 Å². The maximum absolute atomic E-state index is 14.1. The van der Waals surface area contributed by atoms with Gasteiger partial charge < -0.3 is 15.4 Å². The summed E-state index contributed by atoms with van der Waals surface area (Å²) in [5.74, 6) is -1.02. The van der Waals surface area contributed by atoms with E-state index in [0.717, 1.165) is 19.4 Å². The van der Waals surface area contributed by atoms with Crippen molar-refractivity contribution in [2.24, 2.45) is 5.92 Å². The van der Waals surface area contributed by atoms with Gasteiger partial charge in [0, 0.05) is 37.3 Å². The van der Waals surface area contributed by atoms with Crippen molar-refractivity contribution >= 4 is 29.1 Å². The predicted molar refractivity (Wildman–Crippen MR) is 119 cm³/mol. The highest BCUT2D eigenvalue weighted by atomic mass is 35.5. The molecular formula is C23H27ClFN3O3. The van der Waals surface area contributed by atoms with Gasteiger partial charge in [0.1, 0.15) is 5.82 Å². The number of ether oxygens (including phenoxy) is 1. The normalized spacial score (nSPS) is 16.7. The number of nitrogens with one attached hydrogen (secondary N) is 2. The van der Waals surface area contributed by atoms with E-state index in [1.54, 1.807) is 43.5 Å². The van der Waals surface area contributed by atoms with E-state index >= 15 is 0 Å². The van der Waals surface area contributed by atoms with Crippen molar-refractivity contribution in [1.29, 1.82) is 0 Å². The van der Waals surface area contributed by atoms with E-state index in [4.69, 9.17) is 16.3 Å². The predicted octanol–water partition coefficient (Wildman–Crippen LogP) is 3.71. The number of carbonyl (C=O) groups excluding carboxylic acids is 2. The molecule has 1 saturated heterocycles. The number of carbonyl (C=O) groups is 2. The minimum absolute atomic E-state index is 0.151. The maximum atomic E-state index is 14.1. The summed E-state index contributed by atoms with van der Waals surface area (Å²) < 4.78 is 19.1. The number of rotatable bonds is 8. The molecule has 1 atom stereocenters. The van der Waals surface area contributed by atoms with E-state index in [1.165, 1.54) is 6.07 Å². The van der Waals surface area contributed by atoms with E-state index in [9.17, 15) is 14.0 Å². The van der Waals surface area contributed by atoms with Crippen LogP contribution in [-0.2, 0) is 16.1 Å². The second-order valence-corrected chi connectivity index (χ2v) is 7.97. The van der Waals surface area contributed by atoms with Crippen LogP contribution in [0.3, 0.4) is 0 Å². The van der Waals surface area contributed by atoms with E-state index in [1.807, 2.05) is 4.90 Å². The van der Waals surface area contributed by atoms with Gasteiger partial charge in [-0.05, 0) is 43.7 Å². The molecule has 31 heavy (non-hydrogen) atoms. The fourth-order valence-electron chi connectivity index (χ4n) is 3.71. The first-order valence-electron chi connectivity index (χ1n) is 10.3. The van der Waals surface area contributed by atoms with E-state index in [2.05, 4.69) is 10.6 Å². The third-order valence-electron chi connectivity index (χ3n) is 5.34. The molecular weight excluding hydrogens is 421 g/mol. The number of halogens is 2. The van der Waals surface area contributed by atoms with Crippen LogP contribution in [0.4, 0.5) is 10.1 Å². The number of benzene rings is 2. The van der Waals surface area contributed by atoms with Gasteiger partial charge in [-0.3, -0.25) is 14.5 Å². The molecule has 2 aromatic rings. The Morgan fingerprint density at radius 1 is 1.23 bits per heavy atom. The van der Waals surface area contributed by atoms with E-state index < -0.39 is 0 Å². The molecule has 1 unspecified atom stereocenters. The molecule has 1 heterocycles. The number of methoxy groups -OCH3 is 1. The Morgan fingerprint density at radius 2 is 2.03 bits per heavy atom. The van der Waals surface area contributed by atoms with Crippen LogP contribution in [0, 0.1) is 11.7 Å². The van der Waals surface area contributed by atoms with Gasteiger partial charge in [0.2, 0.25) is 5.91 Å². The van der Waals surface area contributed by atoms with Crippen LogP contribution < -0.4 is 10.6 Å². The van der Waals surface area contributed by atoms with Gasteiger partial charge in [-0.15, -0.1) is 0 Å². The van der Waals surface area contributed by atoms with Crippen LogP contribution in [0.2, 0.25) is 5.02 Å². The highest BCUT2D eigenvalue weighted by molar-refractivity contribution is 6.31. The van der Waals surface area contributed by atoms with Crippen molar-refractivity contribution in [3.8, 4) is 0 Å². The summed E-state index contributed by atoms with van der Waals surface area (Å²) in [6.45, 7) is 2.41. The van der Waals surface area contributed by atoms with E-state index in [0.29, 0.717) is 48.1 Å². The molecule has 0 bridgehead atoms. The second kappa shape index (κ2) is 11.2. The smallest absolute Gasteiger partial charge is 0.253 e. The number of amides is 2. The van der Waals surface area contributed by atoms with Gasteiger partial charge in [0.25, 0.3) is 5.91 Å². The van der Waals surface area contributed by atoms with Gasteiger partial charge in [-0.1, -0.05) is 29.8 Å². The Balaban J connectivity index is 1.64. The first-order valence-corrected chi connectivity index (χ1v) is 10.7. The quantitative estimate of drug-likeness (QED) is 0.605. The fraction of sp³-hybridized carbons (Fsp3) is 0.391. The monoisotopic (exact) mass is 447 g/mol. The van der Waals surface area contributed by atoms with Crippen molar-refractivity contribution in [2.45, 2.75) is 19.4 Å². The molecule has 1 aliphatic heterocycles. The Morgan fingerprint density at radius 3 is 2.81 bits per heavy atom. The summed E-state index contributed by atoms with van der Waals surface area (Å²) in [5.41, 5.74) is 1.32. The largest absolute Gasteiger partial charge is 0.383 e. The molecule has 1 aliphatic rings. The molecule has 0 spiro atoms. The Labute approximate surface area is 186 Å². The fourth-order valence-corrected chi connectivity index (χ4v) is 3.93. The number of para-hydroxylation sites is 1. The van der Waals surface area contributed by atoms with Crippen molar-refractivity contribution in [3.63, 3.8) is 0 Å². The summed E-state index contributed by atoms with van der Waals surface area (Å²) in [5, 5.41) is 6.06. The zero-order valence-corrected chi connectivity index (χ0v) is 18.3. The lowest BCUT2D eigenvalue weighted by Gasteiger charge is -2.32. The molecule has 6 nitrogen and oxygen atoms in total. The molecule has 1 fully saturated rings. The Kier molecular flexibility index (Phi) is 8.40. The molecule has 8 heteroatoms. The first-order chi connectivity index (χ1) is 15.0. The highest BCUT2D eigenvalue weighted by Gasteiger charge is 2.27. The number of anilines is 1.